The molecule has 0 aliphatic heterocycles. The predicted molar refractivity (Wildman–Crippen MR) is 74.8 cm³/mol. The van der Waals surface area contributed by atoms with Crippen molar-refractivity contribution in [2.24, 2.45) is 0 Å². The number of anilines is 1. The minimum Gasteiger partial charge on any atom is -0.398 e. The second kappa shape index (κ2) is 5.52. The molecular formula is C13H20N2O2S. The number of nitrogens with two attached hydrogens (primary N) is 1. The van der Waals surface area contributed by atoms with Crippen molar-refractivity contribution >= 4 is 22.4 Å². The van der Waals surface area contributed by atoms with Crippen LogP contribution >= 0.6 is 0 Å². The van der Waals surface area contributed by atoms with Gasteiger partial charge in [0.05, 0.1) is 21.4 Å². The summed E-state index contributed by atoms with van der Waals surface area (Å²) in [6.07, 6.45) is 0. The van der Waals surface area contributed by atoms with Crippen molar-refractivity contribution in [2.75, 3.05) is 11.5 Å². The molecule has 5 heteroatoms. The number of para-hydroxylation sites is 1. The van der Waals surface area contributed by atoms with Gasteiger partial charge in [-0.05, 0) is 39.3 Å². The Morgan fingerprint density at radius 1 is 1.39 bits per heavy atom. The topological polar surface area (TPSA) is 72.2 Å². The summed E-state index contributed by atoms with van der Waals surface area (Å²) in [5.74, 6) is -0.299. The monoisotopic (exact) mass is 268 g/mol. The second-order valence-electron chi connectivity index (χ2n) is 5.27. The highest BCUT2D eigenvalue weighted by molar-refractivity contribution is 7.86. The SMILES string of the molecule is Cc1cccc(S(=O)CC(=O)NC(C)(C)C)c1N. The Labute approximate surface area is 110 Å². The van der Waals surface area contributed by atoms with Gasteiger partial charge in [-0.3, -0.25) is 9.00 Å². The molecule has 0 bridgehead atoms. The summed E-state index contributed by atoms with van der Waals surface area (Å²) < 4.78 is 12.1. The summed E-state index contributed by atoms with van der Waals surface area (Å²) in [5.41, 5.74) is 6.91. The Morgan fingerprint density at radius 3 is 2.56 bits per heavy atom. The first-order chi connectivity index (χ1) is 8.20. The molecule has 3 N–H and O–H groups in total. The molecule has 18 heavy (non-hydrogen) atoms. The molecule has 1 unspecified atom stereocenters. The maximum atomic E-state index is 12.1. The first-order valence-corrected chi connectivity index (χ1v) is 7.07. The van der Waals surface area contributed by atoms with Gasteiger partial charge in [-0.25, -0.2) is 0 Å². The molecule has 1 atom stereocenters. The van der Waals surface area contributed by atoms with Gasteiger partial charge in [0.25, 0.3) is 0 Å². The normalized spacial score (nSPS) is 13.1. The minimum absolute atomic E-state index is 0.0646. The summed E-state index contributed by atoms with van der Waals surface area (Å²) in [5, 5.41) is 2.78. The van der Waals surface area contributed by atoms with E-state index in [1.165, 1.54) is 0 Å². The van der Waals surface area contributed by atoms with Crippen LogP contribution in [0.3, 0.4) is 0 Å². The van der Waals surface area contributed by atoms with Crippen molar-refractivity contribution in [1.29, 1.82) is 0 Å². The summed E-state index contributed by atoms with van der Waals surface area (Å²) >= 11 is 0. The van der Waals surface area contributed by atoms with Crippen LogP contribution in [-0.2, 0) is 15.6 Å². The van der Waals surface area contributed by atoms with Gasteiger partial charge in [0.15, 0.2) is 0 Å². The molecule has 0 aromatic heterocycles. The number of carbonyl (C=O) groups excluding carboxylic acids is 1. The molecule has 0 heterocycles. The Kier molecular flexibility index (Phi) is 4.51. The van der Waals surface area contributed by atoms with Crippen molar-refractivity contribution in [3.05, 3.63) is 23.8 Å². The first-order valence-electron chi connectivity index (χ1n) is 5.75. The van der Waals surface area contributed by atoms with E-state index in [0.29, 0.717) is 10.6 Å². The van der Waals surface area contributed by atoms with Crippen LogP contribution in [0.4, 0.5) is 5.69 Å². The number of hydrogen-bond acceptors (Lipinski definition) is 3. The highest BCUT2D eigenvalue weighted by atomic mass is 32.2. The maximum absolute atomic E-state index is 12.1. The molecule has 4 nitrogen and oxygen atoms in total. The van der Waals surface area contributed by atoms with Crippen molar-refractivity contribution in [3.8, 4) is 0 Å². The van der Waals surface area contributed by atoms with E-state index < -0.39 is 10.8 Å². The molecule has 0 fully saturated rings. The van der Waals surface area contributed by atoms with E-state index in [2.05, 4.69) is 5.32 Å². The number of carbonyl (C=O) groups is 1. The highest BCUT2D eigenvalue weighted by Gasteiger charge is 2.18. The number of rotatable bonds is 3. The lowest BCUT2D eigenvalue weighted by atomic mass is 10.1. The first kappa shape index (κ1) is 14.7. The van der Waals surface area contributed by atoms with E-state index in [1.807, 2.05) is 33.8 Å². The zero-order valence-electron chi connectivity index (χ0n) is 11.2. The lowest BCUT2D eigenvalue weighted by Crippen LogP contribution is -2.42. The molecule has 1 rings (SSSR count). The third kappa shape index (κ3) is 4.14. The highest BCUT2D eigenvalue weighted by Crippen LogP contribution is 2.20. The summed E-state index contributed by atoms with van der Waals surface area (Å²) in [6, 6.07) is 5.34. The zero-order valence-corrected chi connectivity index (χ0v) is 12.1. The summed E-state index contributed by atoms with van der Waals surface area (Å²) in [6.45, 7) is 7.50. The fourth-order valence-corrected chi connectivity index (χ4v) is 2.61. The Morgan fingerprint density at radius 2 is 2.00 bits per heavy atom. The van der Waals surface area contributed by atoms with Gasteiger partial charge in [-0.15, -0.1) is 0 Å². The second-order valence-corrected chi connectivity index (χ2v) is 6.69. The molecular weight excluding hydrogens is 248 g/mol. The van der Waals surface area contributed by atoms with Gasteiger partial charge in [-0.2, -0.15) is 0 Å². The van der Waals surface area contributed by atoms with Crippen LogP contribution < -0.4 is 11.1 Å². The van der Waals surface area contributed by atoms with Gasteiger partial charge in [0.2, 0.25) is 5.91 Å². The van der Waals surface area contributed by atoms with Crippen LogP contribution in [0.15, 0.2) is 23.1 Å². The van der Waals surface area contributed by atoms with Crippen LogP contribution in [0, 0.1) is 6.92 Å². The zero-order chi connectivity index (χ0) is 13.9. The third-order valence-electron chi connectivity index (χ3n) is 2.31. The van der Waals surface area contributed by atoms with Crippen LogP contribution in [0.1, 0.15) is 26.3 Å². The van der Waals surface area contributed by atoms with Crippen LogP contribution in [0.5, 0.6) is 0 Å². The standard InChI is InChI=1S/C13H20N2O2S/c1-9-6-5-7-10(12(9)14)18(17)8-11(16)15-13(2,3)4/h5-7H,8,14H2,1-4H3,(H,15,16). The Bertz CT molecular complexity index is 478. The van der Waals surface area contributed by atoms with Gasteiger partial charge in [-0.1, -0.05) is 12.1 Å². The van der Waals surface area contributed by atoms with E-state index >= 15 is 0 Å². The number of amides is 1. The lowest BCUT2D eigenvalue weighted by Gasteiger charge is -2.20. The van der Waals surface area contributed by atoms with Crippen LogP contribution in [-0.4, -0.2) is 21.4 Å². The molecule has 0 spiro atoms. The number of aryl methyl sites for hydroxylation is 1. The van der Waals surface area contributed by atoms with E-state index in [-0.39, 0.29) is 17.2 Å². The molecule has 0 aliphatic carbocycles. The largest absolute Gasteiger partial charge is 0.398 e. The molecule has 0 saturated carbocycles. The molecule has 0 aliphatic rings. The summed E-state index contributed by atoms with van der Waals surface area (Å²) in [4.78, 5) is 12.2. The smallest absolute Gasteiger partial charge is 0.233 e. The molecule has 1 amide bonds. The summed E-state index contributed by atoms with van der Waals surface area (Å²) in [7, 11) is -1.41. The molecule has 1 aromatic carbocycles. The maximum Gasteiger partial charge on any atom is 0.233 e. The molecule has 0 radical (unpaired) electrons. The molecule has 100 valence electrons. The van der Waals surface area contributed by atoms with Gasteiger partial charge in [0, 0.05) is 5.54 Å². The lowest BCUT2D eigenvalue weighted by molar-refractivity contribution is -0.119. The number of nitrogen functional groups attached to an aromatic ring is 1. The fourth-order valence-electron chi connectivity index (χ4n) is 1.50. The van der Waals surface area contributed by atoms with Gasteiger partial charge in [0.1, 0.15) is 5.75 Å². The third-order valence-corrected chi connectivity index (χ3v) is 3.68. The average Bonchev–Trinajstić information content (AvgIpc) is 2.18. The Hall–Kier alpha value is -1.36. The van der Waals surface area contributed by atoms with Gasteiger partial charge >= 0.3 is 0 Å². The Balaban J connectivity index is 2.78. The molecule has 1 aromatic rings. The average molecular weight is 268 g/mol. The van der Waals surface area contributed by atoms with Crippen molar-refractivity contribution < 1.29 is 9.00 Å². The number of hydrogen-bond donors (Lipinski definition) is 2. The van der Waals surface area contributed by atoms with Crippen molar-refractivity contribution in [2.45, 2.75) is 38.1 Å². The predicted octanol–water partition coefficient (Wildman–Crippen LogP) is 1.60. The minimum atomic E-state index is -1.41. The van der Waals surface area contributed by atoms with Crippen LogP contribution in [0.2, 0.25) is 0 Å². The van der Waals surface area contributed by atoms with E-state index in [0.717, 1.165) is 5.56 Å². The quantitative estimate of drug-likeness (QED) is 0.818. The van der Waals surface area contributed by atoms with Gasteiger partial charge < -0.3 is 11.1 Å². The van der Waals surface area contributed by atoms with Crippen LogP contribution in [0.25, 0.3) is 0 Å². The fraction of sp³-hybridized carbons (Fsp3) is 0.462. The van der Waals surface area contributed by atoms with Crippen molar-refractivity contribution in [1.82, 2.24) is 5.32 Å². The molecule has 0 saturated heterocycles. The number of nitrogens with one attached hydrogen (secondary N) is 1. The van der Waals surface area contributed by atoms with E-state index in [9.17, 15) is 9.00 Å². The van der Waals surface area contributed by atoms with E-state index in [4.69, 9.17) is 5.73 Å². The number of benzene rings is 1. The van der Waals surface area contributed by atoms with Crippen molar-refractivity contribution in [3.63, 3.8) is 0 Å². The van der Waals surface area contributed by atoms with E-state index in [1.54, 1.807) is 12.1 Å².